The van der Waals surface area contributed by atoms with Crippen LogP contribution in [0.1, 0.15) is 4.88 Å². The molecule has 2 heterocycles. The average molecular weight is 425 g/mol. The number of rotatable bonds is 3. The predicted molar refractivity (Wildman–Crippen MR) is 118 cm³/mol. The summed E-state index contributed by atoms with van der Waals surface area (Å²) in [6, 6.07) is 21.6. The van der Waals surface area contributed by atoms with Gasteiger partial charge in [-0.1, -0.05) is 48.0 Å². The third-order valence-corrected chi connectivity index (χ3v) is 5.70. The van der Waals surface area contributed by atoms with Crippen LogP contribution in [0.3, 0.4) is 0 Å². The molecule has 0 aliphatic carbocycles. The lowest BCUT2D eigenvalue weighted by molar-refractivity contribution is -0.120. The van der Waals surface area contributed by atoms with E-state index in [0.717, 1.165) is 4.88 Å². The number of amides is 2. The summed E-state index contributed by atoms with van der Waals surface area (Å²) in [6.45, 7) is 0. The normalized spacial score (nSPS) is 14.6. The Morgan fingerprint density at radius 3 is 1.71 bits per heavy atom. The molecule has 138 valence electrons. The van der Waals surface area contributed by atoms with Crippen molar-refractivity contribution in [1.82, 2.24) is 0 Å². The van der Waals surface area contributed by atoms with Crippen LogP contribution in [0.15, 0.2) is 78.4 Å². The smallest absolute Gasteiger partial charge is 0.268 e. The molecule has 0 unspecified atom stereocenters. The van der Waals surface area contributed by atoms with Crippen LogP contribution in [0.2, 0.25) is 4.34 Å². The zero-order chi connectivity index (χ0) is 19.7. The van der Waals surface area contributed by atoms with Crippen molar-refractivity contribution in [2.75, 3.05) is 9.80 Å². The fourth-order valence-corrected chi connectivity index (χ4v) is 4.27. The number of thiocarbonyl (C=S) groups is 1. The van der Waals surface area contributed by atoms with E-state index in [9.17, 15) is 9.59 Å². The number of carbonyl (C=O) groups excluding carboxylic acids is 2. The number of para-hydroxylation sites is 2. The van der Waals surface area contributed by atoms with Gasteiger partial charge in [0.1, 0.15) is 5.57 Å². The van der Waals surface area contributed by atoms with Crippen molar-refractivity contribution in [2.45, 2.75) is 0 Å². The van der Waals surface area contributed by atoms with Crippen LogP contribution in [0.25, 0.3) is 6.08 Å². The average Bonchev–Trinajstić information content (AvgIpc) is 3.12. The number of benzene rings is 2. The van der Waals surface area contributed by atoms with Gasteiger partial charge in [-0.15, -0.1) is 11.3 Å². The number of hydrogen-bond acceptors (Lipinski definition) is 4. The second kappa shape index (κ2) is 7.67. The highest BCUT2D eigenvalue weighted by Crippen LogP contribution is 2.31. The van der Waals surface area contributed by atoms with Crippen molar-refractivity contribution < 1.29 is 9.59 Å². The van der Waals surface area contributed by atoms with Gasteiger partial charge in [-0.2, -0.15) is 0 Å². The van der Waals surface area contributed by atoms with E-state index >= 15 is 0 Å². The second-order valence-corrected chi connectivity index (χ2v) is 8.05. The van der Waals surface area contributed by atoms with Crippen molar-refractivity contribution in [2.24, 2.45) is 0 Å². The lowest BCUT2D eigenvalue weighted by Gasteiger charge is -2.36. The first-order chi connectivity index (χ1) is 13.6. The quantitative estimate of drug-likeness (QED) is 0.331. The number of anilines is 2. The minimum atomic E-state index is -0.460. The maximum absolute atomic E-state index is 13.2. The summed E-state index contributed by atoms with van der Waals surface area (Å²) in [4.78, 5) is 29.9. The standard InChI is InChI=1S/C21H13ClN2O2S2/c22-18-12-11-16(28-18)13-17-19(25)23(14-7-3-1-4-8-14)21(27)24(20(17)26)15-9-5-2-6-10-15/h1-13H. The van der Waals surface area contributed by atoms with Gasteiger partial charge < -0.3 is 0 Å². The lowest BCUT2D eigenvalue weighted by atomic mass is 10.1. The van der Waals surface area contributed by atoms with Crippen LogP contribution in [0.5, 0.6) is 0 Å². The summed E-state index contributed by atoms with van der Waals surface area (Å²) >= 11 is 12.8. The summed E-state index contributed by atoms with van der Waals surface area (Å²) in [7, 11) is 0. The Morgan fingerprint density at radius 1 is 0.786 bits per heavy atom. The highest BCUT2D eigenvalue weighted by molar-refractivity contribution is 7.81. The van der Waals surface area contributed by atoms with Gasteiger partial charge in [0, 0.05) is 4.88 Å². The van der Waals surface area contributed by atoms with E-state index in [1.165, 1.54) is 21.1 Å². The van der Waals surface area contributed by atoms with Crippen molar-refractivity contribution >= 4 is 69.5 Å². The van der Waals surface area contributed by atoms with Crippen molar-refractivity contribution in [3.05, 3.63) is 87.6 Å². The van der Waals surface area contributed by atoms with Gasteiger partial charge in [0.15, 0.2) is 5.11 Å². The maximum atomic E-state index is 13.2. The van der Waals surface area contributed by atoms with Crippen molar-refractivity contribution in [3.63, 3.8) is 0 Å². The Hall–Kier alpha value is -2.80. The summed E-state index contributed by atoms with van der Waals surface area (Å²) in [6.07, 6.45) is 1.56. The molecule has 0 atom stereocenters. The molecule has 0 bridgehead atoms. The second-order valence-electron chi connectivity index (χ2n) is 5.93. The maximum Gasteiger partial charge on any atom is 0.270 e. The number of thiophene rings is 1. The van der Waals surface area contributed by atoms with E-state index in [1.54, 1.807) is 42.5 Å². The molecule has 1 saturated heterocycles. The molecule has 0 N–H and O–H groups in total. The molecule has 1 aliphatic rings. The fourth-order valence-electron chi connectivity index (χ4n) is 2.89. The van der Waals surface area contributed by atoms with Gasteiger partial charge in [-0.25, -0.2) is 0 Å². The summed E-state index contributed by atoms with van der Waals surface area (Å²) in [5.74, 6) is -0.921. The molecule has 7 heteroatoms. The van der Waals surface area contributed by atoms with Crippen molar-refractivity contribution in [1.29, 1.82) is 0 Å². The molecule has 0 spiro atoms. The van der Waals surface area contributed by atoms with E-state index in [1.807, 2.05) is 36.4 Å². The summed E-state index contributed by atoms with van der Waals surface area (Å²) in [5, 5.41) is 0.119. The van der Waals surface area contributed by atoms with Gasteiger partial charge in [-0.05, 0) is 54.7 Å². The molecule has 4 nitrogen and oxygen atoms in total. The topological polar surface area (TPSA) is 40.6 Å². The van der Waals surface area contributed by atoms with Gasteiger partial charge in [0.05, 0.1) is 15.7 Å². The number of nitrogens with zero attached hydrogens (tertiary/aromatic N) is 2. The lowest BCUT2D eigenvalue weighted by Crippen LogP contribution is -2.56. The van der Waals surface area contributed by atoms with Crippen LogP contribution >= 0.6 is 35.2 Å². The Morgan fingerprint density at radius 2 is 1.29 bits per heavy atom. The molecule has 3 aromatic rings. The fraction of sp³-hybridized carbons (Fsp3) is 0. The highest BCUT2D eigenvalue weighted by Gasteiger charge is 2.41. The molecule has 0 radical (unpaired) electrons. The van der Waals surface area contributed by atoms with E-state index < -0.39 is 11.8 Å². The highest BCUT2D eigenvalue weighted by atomic mass is 35.5. The third-order valence-electron chi connectivity index (χ3n) is 4.16. The van der Waals surface area contributed by atoms with Crippen molar-refractivity contribution in [3.8, 4) is 0 Å². The molecular formula is C21H13ClN2O2S2. The Bertz CT molecular complexity index is 1030. The number of carbonyl (C=O) groups is 2. The zero-order valence-electron chi connectivity index (χ0n) is 14.4. The molecule has 2 amide bonds. The molecule has 1 fully saturated rings. The molecule has 1 aliphatic heterocycles. The molecule has 1 aromatic heterocycles. The van der Waals surface area contributed by atoms with Gasteiger partial charge in [0.25, 0.3) is 11.8 Å². The zero-order valence-corrected chi connectivity index (χ0v) is 16.8. The summed E-state index contributed by atoms with van der Waals surface area (Å²) < 4.78 is 0.581. The van der Waals surface area contributed by atoms with E-state index in [4.69, 9.17) is 23.8 Å². The third kappa shape index (κ3) is 3.38. The number of halogens is 1. The Balaban J connectivity index is 1.86. The Labute approximate surface area is 176 Å². The predicted octanol–water partition coefficient (Wildman–Crippen LogP) is 5.15. The molecule has 4 rings (SSSR count). The SMILES string of the molecule is O=C1C(=Cc2ccc(Cl)s2)C(=O)N(c2ccccc2)C(=S)N1c1ccccc1. The first-order valence-corrected chi connectivity index (χ1v) is 9.96. The Kier molecular flexibility index (Phi) is 5.09. The van der Waals surface area contributed by atoms with Gasteiger partial charge in [0.2, 0.25) is 0 Å². The molecular weight excluding hydrogens is 412 g/mol. The van der Waals surface area contributed by atoms with Crippen LogP contribution in [-0.4, -0.2) is 16.9 Å². The monoisotopic (exact) mass is 424 g/mol. The first kappa shape index (κ1) is 18.6. The van der Waals surface area contributed by atoms with Crippen LogP contribution in [0.4, 0.5) is 11.4 Å². The van der Waals surface area contributed by atoms with Crippen LogP contribution in [0, 0.1) is 0 Å². The number of hydrogen-bond donors (Lipinski definition) is 0. The van der Waals surface area contributed by atoms with Crippen LogP contribution < -0.4 is 9.80 Å². The minimum absolute atomic E-state index is 0.0276. The van der Waals surface area contributed by atoms with Gasteiger partial charge in [-0.3, -0.25) is 19.4 Å². The van der Waals surface area contributed by atoms with E-state index in [0.29, 0.717) is 15.7 Å². The first-order valence-electron chi connectivity index (χ1n) is 8.36. The van der Waals surface area contributed by atoms with E-state index in [-0.39, 0.29) is 10.7 Å². The minimum Gasteiger partial charge on any atom is -0.268 e. The largest absolute Gasteiger partial charge is 0.270 e. The molecule has 0 saturated carbocycles. The van der Waals surface area contributed by atoms with E-state index in [2.05, 4.69) is 0 Å². The molecule has 2 aromatic carbocycles. The van der Waals surface area contributed by atoms with Gasteiger partial charge >= 0.3 is 0 Å². The summed E-state index contributed by atoms with van der Waals surface area (Å²) in [5.41, 5.74) is 1.22. The van der Waals surface area contributed by atoms with Crippen LogP contribution in [-0.2, 0) is 9.59 Å². The molecule has 28 heavy (non-hydrogen) atoms.